The van der Waals surface area contributed by atoms with E-state index < -0.39 is 11.2 Å². The zero-order chi connectivity index (χ0) is 17.5. The highest BCUT2D eigenvalue weighted by atomic mass is 16.5. The fraction of sp³-hybridized carbons (Fsp3) is 0.611. The number of likely N-dealkylation sites (tertiary alicyclic amines) is 1. The molecule has 0 radical (unpaired) electrons. The molecule has 0 aliphatic carbocycles. The molecular weight excluding hydrogens is 294 g/mol. The maximum Gasteiger partial charge on any atom is 0.266 e. The number of methoxy groups -OCH3 is 1. The summed E-state index contributed by atoms with van der Waals surface area (Å²) in [6.07, 6.45) is 0. The average molecular weight is 321 g/mol. The summed E-state index contributed by atoms with van der Waals surface area (Å²) in [5.41, 5.74) is -2.32. The second-order valence-corrected chi connectivity index (χ2v) is 7.58. The molecule has 1 heterocycles. The lowest BCUT2D eigenvalue weighted by Crippen LogP contribution is -2.49. The molecule has 23 heavy (non-hydrogen) atoms. The molecule has 128 valence electrons. The van der Waals surface area contributed by atoms with E-state index in [0.29, 0.717) is 24.6 Å². The molecule has 0 saturated carbocycles. The molecule has 1 amide bonds. The zero-order valence-electron chi connectivity index (χ0n) is 14.8. The Hall–Kier alpha value is -1.75. The van der Waals surface area contributed by atoms with Crippen molar-refractivity contribution in [3.05, 3.63) is 24.3 Å². The smallest absolute Gasteiger partial charge is 0.266 e. The van der Waals surface area contributed by atoms with Crippen LogP contribution in [-0.2, 0) is 4.79 Å². The first-order valence-corrected chi connectivity index (χ1v) is 7.84. The van der Waals surface area contributed by atoms with Gasteiger partial charge in [0.1, 0.15) is 0 Å². The van der Waals surface area contributed by atoms with Crippen LogP contribution in [0.3, 0.4) is 0 Å². The summed E-state index contributed by atoms with van der Waals surface area (Å²) in [5.74, 6) is 0.968. The van der Waals surface area contributed by atoms with Crippen LogP contribution in [0.5, 0.6) is 11.5 Å². The molecule has 1 fully saturated rings. The Kier molecular flexibility index (Phi) is 4.37. The van der Waals surface area contributed by atoms with Crippen LogP contribution in [0.25, 0.3) is 0 Å². The lowest BCUT2D eigenvalue weighted by Gasteiger charge is -2.31. The Morgan fingerprint density at radius 1 is 1.17 bits per heavy atom. The quantitative estimate of drug-likeness (QED) is 0.925. The van der Waals surface area contributed by atoms with Gasteiger partial charge in [-0.1, -0.05) is 26.0 Å². The molecule has 1 aromatic rings. The third-order valence-electron chi connectivity index (χ3n) is 4.78. The normalized spacial score (nSPS) is 23.7. The fourth-order valence-electron chi connectivity index (χ4n) is 2.84. The monoisotopic (exact) mass is 321 g/mol. The molecule has 1 atom stereocenters. The van der Waals surface area contributed by atoms with E-state index >= 15 is 0 Å². The molecule has 0 unspecified atom stereocenters. The maximum absolute atomic E-state index is 12.9. The standard InChI is InChI=1S/C18H27NO4/c1-16(2)11-19(12-18(16,5)21)15(20)17(3,4)23-14-10-8-7-9-13(14)22-6/h7-10,21H,11-12H2,1-6H3/t18-/m1/s1. The summed E-state index contributed by atoms with van der Waals surface area (Å²) in [6.45, 7) is 9.98. The molecule has 0 spiro atoms. The second kappa shape index (κ2) is 5.71. The van der Waals surface area contributed by atoms with E-state index in [1.54, 1.807) is 44.9 Å². The maximum atomic E-state index is 12.9. The predicted molar refractivity (Wildman–Crippen MR) is 88.7 cm³/mol. The van der Waals surface area contributed by atoms with Gasteiger partial charge in [0.15, 0.2) is 17.1 Å². The van der Waals surface area contributed by atoms with E-state index in [1.807, 2.05) is 26.0 Å². The summed E-state index contributed by atoms with van der Waals surface area (Å²) in [6, 6.07) is 7.25. The molecule has 1 aromatic carbocycles. The van der Waals surface area contributed by atoms with E-state index in [2.05, 4.69) is 0 Å². The lowest BCUT2D eigenvalue weighted by atomic mass is 9.79. The number of β-amino-alcohol motifs (C(OH)–C–C–N with tert-alkyl or cyclic N) is 1. The highest BCUT2D eigenvalue weighted by Gasteiger charge is 2.51. The number of para-hydroxylation sites is 2. The van der Waals surface area contributed by atoms with Crippen molar-refractivity contribution in [3.63, 3.8) is 0 Å². The Labute approximate surface area is 138 Å². The van der Waals surface area contributed by atoms with Crippen molar-refractivity contribution in [2.24, 2.45) is 5.41 Å². The summed E-state index contributed by atoms with van der Waals surface area (Å²) >= 11 is 0. The highest BCUT2D eigenvalue weighted by molar-refractivity contribution is 5.85. The molecule has 2 rings (SSSR count). The molecule has 1 N–H and O–H groups in total. The van der Waals surface area contributed by atoms with Gasteiger partial charge in [0, 0.05) is 18.5 Å². The highest BCUT2D eigenvalue weighted by Crippen LogP contribution is 2.40. The van der Waals surface area contributed by atoms with Crippen LogP contribution in [0.2, 0.25) is 0 Å². The van der Waals surface area contributed by atoms with Crippen LogP contribution in [0.4, 0.5) is 0 Å². The number of nitrogens with zero attached hydrogens (tertiary/aromatic N) is 1. The summed E-state index contributed by atoms with van der Waals surface area (Å²) in [4.78, 5) is 14.6. The van der Waals surface area contributed by atoms with E-state index in [-0.39, 0.29) is 11.3 Å². The number of rotatable bonds is 4. The van der Waals surface area contributed by atoms with Gasteiger partial charge in [0.25, 0.3) is 5.91 Å². The first kappa shape index (κ1) is 17.6. The summed E-state index contributed by atoms with van der Waals surface area (Å²) in [5, 5.41) is 10.5. The Balaban J connectivity index is 2.18. The number of carbonyl (C=O) groups excluding carboxylic acids is 1. The van der Waals surface area contributed by atoms with E-state index in [0.717, 1.165) is 0 Å². The third-order valence-corrected chi connectivity index (χ3v) is 4.78. The number of hydrogen-bond acceptors (Lipinski definition) is 4. The van der Waals surface area contributed by atoms with Gasteiger partial charge in [-0.3, -0.25) is 4.79 Å². The molecule has 0 aromatic heterocycles. The van der Waals surface area contributed by atoms with Crippen LogP contribution in [0, 0.1) is 5.41 Å². The number of hydrogen-bond donors (Lipinski definition) is 1. The number of carbonyl (C=O) groups is 1. The Morgan fingerprint density at radius 2 is 1.74 bits per heavy atom. The van der Waals surface area contributed by atoms with Crippen molar-refractivity contribution in [2.45, 2.75) is 45.8 Å². The number of ether oxygens (including phenoxy) is 2. The van der Waals surface area contributed by atoms with Crippen molar-refractivity contribution >= 4 is 5.91 Å². The summed E-state index contributed by atoms with van der Waals surface area (Å²) in [7, 11) is 1.57. The number of benzene rings is 1. The van der Waals surface area contributed by atoms with Gasteiger partial charge in [-0.05, 0) is 32.9 Å². The SMILES string of the molecule is COc1ccccc1OC(C)(C)C(=O)N1CC(C)(C)[C@](C)(O)C1. The van der Waals surface area contributed by atoms with Crippen molar-refractivity contribution in [2.75, 3.05) is 20.2 Å². The molecule has 0 bridgehead atoms. The van der Waals surface area contributed by atoms with Gasteiger partial charge >= 0.3 is 0 Å². The third kappa shape index (κ3) is 3.29. The van der Waals surface area contributed by atoms with Crippen LogP contribution in [-0.4, -0.2) is 47.3 Å². The van der Waals surface area contributed by atoms with Crippen molar-refractivity contribution in [3.8, 4) is 11.5 Å². The molecule has 5 nitrogen and oxygen atoms in total. The van der Waals surface area contributed by atoms with Gasteiger partial charge in [-0.25, -0.2) is 0 Å². The Bertz CT molecular complexity index is 576. The number of aliphatic hydroxyl groups is 1. The van der Waals surface area contributed by atoms with Crippen LogP contribution in [0.15, 0.2) is 24.3 Å². The van der Waals surface area contributed by atoms with Crippen molar-refractivity contribution < 1.29 is 19.4 Å². The average Bonchev–Trinajstić information content (AvgIpc) is 2.66. The van der Waals surface area contributed by atoms with E-state index in [9.17, 15) is 9.90 Å². The van der Waals surface area contributed by atoms with Crippen LogP contribution >= 0.6 is 0 Å². The molecule has 1 aliphatic heterocycles. The molecule has 1 aliphatic rings. The minimum atomic E-state index is -1.05. The fourth-order valence-corrected chi connectivity index (χ4v) is 2.84. The molecule has 5 heteroatoms. The number of amides is 1. The minimum Gasteiger partial charge on any atom is -0.493 e. The van der Waals surface area contributed by atoms with Gasteiger partial charge in [0.05, 0.1) is 12.7 Å². The minimum absolute atomic E-state index is 0.144. The van der Waals surface area contributed by atoms with E-state index in [1.165, 1.54) is 0 Å². The Morgan fingerprint density at radius 3 is 2.22 bits per heavy atom. The first-order valence-electron chi connectivity index (χ1n) is 7.84. The van der Waals surface area contributed by atoms with Gasteiger partial charge in [-0.15, -0.1) is 0 Å². The van der Waals surface area contributed by atoms with Gasteiger partial charge in [-0.2, -0.15) is 0 Å². The second-order valence-electron chi connectivity index (χ2n) is 7.58. The van der Waals surface area contributed by atoms with E-state index in [4.69, 9.17) is 9.47 Å². The first-order chi connectivity index (χ1) is 10.5. The van der Waals surface area contributed by atoms with Gasteiger partial charge < -0.3 is 19.5 Å². The van der Waals surface area contributed by atoms with Gasteiger partial charge in [0.2, 0.25) is 0 Å². The molecule has 1 saturated heterocycles. The summed E-state index contributed by atoms with van der Waals surface area (Å²) < 4.78 is 11.2. The topological polar surface area (TPSA) is 59.0 Å². The van der Waals surface area contributed by atoms with Crippen LogP contribution < -0.4 is 9.47 Å². The zero-order valence-corrected chi connectivity index (χ0v) is 14.8. The largest absolute Gasteiger partial charge is 0.493 e. The molecular formula is C18H27NO4. The van der Waals surface area contributed by atoms with Crippen molar-refractivity contribution in [1.82, 2.24) is 4.90 Å². The predicted octanol–water partition coefficient (Wildman–Crippen LogP) is 2.47. The lowest BCUT2D eigenvalue weighted by molar-refractivity contribution is -0.145. The van der Waals surface area contributed by atoms with Crippen LogP contribution in [0.1, 0.15) is 34.6 Å². The van der Waals surface area contributed by atoms with Crippen molar-refractivity contribution in [1.29, 1.82) is 0 Å².